The number of hydrogen-bond acceptors (Lipinski definition) is 5. The van der Waals surface area contributed by atoms with Crippen molar-refractivity contribution in [2.45, 2.75) is 35.7 Å². The maximum atomic E-state index is 5.68. The van der Waals surface area contributed by atoms with Crippen molar-refractivity contribution in [1.29, 1.82) is 0 Å². The Morgan fingerprint density at radius 3 is 2.61 bits per heavy atom. The Hall–Kier alpha value is -1.48. The number of rotatable bonds is 5. The van der Waals surface area contributed by atoms with Crippen LogP contribution in [0.4, 0.5) is 0 Å². The van der Waals surface area contributed by atoms with Crippen molar-refractivity contribution < 1.29 is 9.47 Å². The van der Waals surface area contributed by atoms with Gasteiger partial charge in [-0.15, -0.1) is 0 Å². The molecule has 164 valence electrons. The number of benzene rings is 2. The largest absolute Gasteiger partial charge is 0.496 e. The summed E-state index contributed by atoms with van der Waals surface area (Å²) in [6, 6.07) is 16.6. The molecule has 0 spiro atoms. The van der Waals surface area contributed by atoms with E-state index >= 15 is 0 Å². The molecular weight excluding hydrogens is 542 g/mol. The normalized spacial score (nSPS) is 24.4. The quantitative estimate of drug-likeness (QED) is 0.373. The molecule has 3 unspecified atom stereocenters. The van der Waals surface area contributed by atoms with Crippen LogP contribution in [0.2, 0.25) is 0 Å². The minimum absolute atomic E-state index is 0.203. The van der Waals surface area contributed by atoms with Gasteiger partial charge in [0.15, 0.2) is 0 Å². The molecule has 1 aliphatic carbocycles. The second kappa shape index (κ2) is 9.57. The first-order valence-electron chi connectivity index (χ1n) is 10.1. The molecule has 1 saturated carbocycles. The van der Waals surface area contributed by atoms with E-state index in [1.54, 1.807) is 25.6 Å². The highest BCUT2D eigenvalue weighted by atomic mass is 79.9. The number of halogens is 2. The molecule has 1 fully saturated rings. The lowest BCUT2D eigenvalue weighted by atomic mass is 9.76. The summed E-state index contributed by atoms with van der Waals surface area (Å²) in [6.45, 7) is 0. The zero-order chi connectivity index (χ0) is 22.0. The lowest BCUT2D eigenvalue weighted by molar-refractivity contribution is 0.0566. The first-order valence-corrected chi connectivity index (χ1v) is 12.6. The van der Waals surface area contributed by atoms with E-state index in [9.17, 15) is 0 Å². The summed E-state index contributed by atoms with van der Waals surface area (Å²) in [5, 5.41) is 5.69. The Morgan fingerprint density at radius 1 is 1.19 bits per heavy atom. The molecule has 1 heterocycles. The molecule has 8 heteroatoms. The molecule has 3 aromatic rings. The third kappa shape index (κ3) is 4.67. The van der Waals surface area contributed by atoms with Crippen molar-refractivity contribution in [3.05, 3.63) is 63.4 Å². The summed E-state index contributed by atoms with van der Waals surface area (Å²) in [5.41, 5.74) is 1.95. The van der Waals surface area contributed by atoms with E-state index in [2.05, 4.69) is 62.2 Å². The first-order chi connectivity index (χ1) is 15.0. The van der Waals surface area contributed by atoms with Gasteiger partial charge in [-0.05, 0) is 59.0 Å². The van der Waals surface area contributed by atoms with Crippen LogP contribution in [-0.2, 0) is 17.3 Å². The predicted octanol–water partition coefficient (Wildman–Crippen LogP) is 5.68. The van der Waals surface area contributed by atoms with Gasteiger partial charge in [-0.1, -0.05) is 57.6 Å². The topological polar surface area (TPSA) is 48.6 Å². The first kappa shape index (κ1) is 22.7. The van der Waals surface area contributed by atoms with Crippen LogP contribution in [0.15, 0.2) is 58.0 Å². The van der Waals surface area contributed by atoms with E-state index in [-0.39, 0.29) is 16.5 Å². The van der Waals surface area contributed by atoms with E-state index in [1.165, 1.54) is 5.56 Å². The van der Waals surface area contributed by atoms with Crippen molar-refractivity contribution in [3.8, 4) is 16.3 Å². The van der Waals surface area contributed by atoms with E-state index < -0.39 is 0 Å². The van der Waals surface area contributed by atoms with Crippen LogP contribution in [0.5, 0.6) is 5.75 Å². The molecular formula is C23H25Br2N3O2S. The molecule has 3 atom stereocenters. The van der Waals surface area contributed by atoms with Crippen LogP contribution >= 0.6 is 43.2 Å². The van der Waals surface area contributed by atoms with Gasteiger partial charge in [0.1, 0.15) is 10.8 Å². The Balaban J connectivity index is 1.78. The fraction of sp³-hybridized carbons (Fsp3) is 0.391. The van der Waals surface area contributed by atoms with Crippen LogP contribution in [0.1, 0.15) is 24.8 Å². The van der Waals surface area contributed by atoms with E-state index in [4.69, 9.17) is 19.6 Å². The highest BCUT2D eigenvalue weighted by Gasteiger charge is 2.41. The fourth-order valence-electron chi connectivity index (χ4n) is 4.11. The van der Waals surface area contributed by atoms with Gasteiger partial charge in [0.05, 0.1) is 23.2 Å². The number of nitrogens with zero attached hydrogens (tertiary/aromatic N) is 3. The van der Waals surface area contributed by atoms with Crippen molar-refractivity contribution >= 4 is 43.2 Å². The van der Waals surface area contributed by atoms with E-state index in [0.29, 0.717) is 0 Å². The third-order valence-corrected chi connectivity index (χ3v) is 8.39. The molecule has 0 radical (unpaired) electrons. The average molecular weight is 567 g/mol. The lowest BCUT2D eigenvalue weighted by Gasteiger charge is -2.40. The maximum Gasteiger partial charge on any atom is 0.204 e. The maximum absolute atomic E-state index is 5.68. The van der Waals surface area contributed by atoms with Crippen molar-refractivity contribution in [3.63, 3.8) is 0 Å². The molecule has 0 aliphatic heterocycles. The number of methoxy groups -OCH3 is 2. The SMILES string of the molecule is COc1ccc(-c2nn(C)c(=NC3(c4ccccc4)CCC(OC)C(Br)C3)s2)cc1Br. The molecule has 31 heavy (non-hydrogen) atoms. The molecule has 0 amide bonds. The second-order valence-electron chi connectivity index (χ2n) is 7.71. The Morgan fingerprint density at radius 2 is 1.97 bits per heavy atom. The Kier molecular flexibility index (Phi) is 7.01. The van der Waals surface area contributed by atoms with Gasteiger partial charge in [-0.3, -0.25) is 0 Å². The van der Waals surface area contributed by atoms with Gasteiger partial charge in [0.25, 0.3) is 0 Å². The van der Waals surface area contributed by atoms with Gasteiger partial charge in [0.2, 0.25) is 4.80 Å². The molecule has 5 nitrogen and oxygen atoms in total. The van der Waals surface area contributed by atoms with Crippen LogP contribution in [0.25, 0.3) is 10.6 Å². The van der Waals surface area contributed by atoms with Gasteiger partial charge in [-0.2, -0.15) is 5.10 Å². The minimum atomic E-state index is -0.313. The van der Waals surface area contributed by atoms with Gasteiger partial charge < -0.3 is 9.47 Å². The molecule has 4 rings (SSSR count). The van der Waals surface area contributed by atoms with Crippen molar-refractivity contribution in [2.24, 2.45) is 12.0 Å². The zero-order valence-corrected chi connectivity index (χ0v) is 21.7. The molecule has 1 aromatic heterocycles. The zero-order valence-electron chi connectivity index (χ0n) is 17.7. The summed E-state index contributed by atoms with van der Waals surface area (Å²) in [4.78, 5) is 6.48. The van der Waals surface area contributed by atoms with Crippen LogP contribution in [0, 0.1) is 0 Å². The molecule has 1 aliphatic rings. The number of hydrogen-bond donors (Lipinski definition) is 0. The number of aryl methyl sites for hydroxylation is 1. The molecule has 2 aromatic carbocycles. The molecule has 0 N–H and O–H groups in total. The molecule has 0 bridgehead atoms. The number of ether oxygens (including phenoxy) is 2. The summed E-state index contributed by atoms with van der Waals surface area (Å²) in [5.74, 6) is 0.802. The van der Waals surface area contributed by atoms with E-state index in [0.717, 1.165) is 44.9 Å². The lowest BCUT2D eigenvalue weighted by Crippen LogP contribution is -2.41. The number of aromatic nitrogens is 2. The van der Waals surface area contributed by atoms with Gasteiger partial charge in [-0.25, -0.2) is 9.67 Å². The van der Waals surface area contributed by atoms with Crippen molar-refractivity contribution in [1.82, 2.24) is 9.78 Å². The van der Waals surface area contributed by atoms with E-state index in [1.807, 2.05) is 29.9 Å². The highest BCUT2D eigenvalue weighted by Crippen LogP contribution is 2.43. The Labute approximate surface area is 203 Å². The van der Waals surface area contributed by atoms with Crippen molar-refractivity contribution in [2.75, 3.05) is 14.2 Å². The predicted molar refractivity (Wildman–Crippen MR) is 132 cm³/mol. The van der Waals surface area contributed by atoms with Crippen LogP contribution in [-0.4, -0.2) is 34.9 Å². The fourth-order valence-corrected chi connectivity index (χ4v) is 6.64. The summed E-state index contributed by atoms with van der Waals surface area (Å²) in [6.07, 6.45) is 2.95. The smallest absolute Gasteiger partial charge is 0.204 e. The monoisotopic (exact) mass is 565 g/mol. The molecule has 0 saturated heterocycles. The minimum Gasteiger partial charge on any atom is -0.496 e. The standard InChI is InChI=1S/C23H25Br2N3O2S/c1-28-22(31-21(27-28)15-9-10-19(29-2)17(24)13-15)26-23(16-7-5-4-6-8-16)12-11-20(30-3)18(25)14-23/h4-10,13,18,20H,11-12,14H2,1-3H3. The Bertz CT molecular complexity index is 1120. The summed E-state index contributed by atoms with van der Waals surface area (Å²) in [7, 11) is 5.41. The highest BCUT2D eigenvalue weighted by molar-refractivity contribution is 9.10. The number of alkyl halides is 1. The summed E-state index contributed by atoms with van der Waals surface area (Å²) >= 11 is 9.04. The average Bonchev–Trinajstić information content (AvgIpc) is 3.14. The van der Waals surface area contributed by atoms with Crippen LogP contribution < -0.4 is 9.54 Å². The second-order valence-corrected chi connectivity index (χ2v) is 10.7. The van der Waals surface area contributed by atoms with Gasteiger partial charge >= 0.3 is 0 Å². The summed E-state index contributed by atoms with van der Waals surface area (Å²) < 4.78 is 13.8. The van der Waals surface area contributed by atoms with Crippen LogP contribution in [0.3, 0.4) is 0 Å². The van der Waals surface area contributed by atoms with Gasteiger partial charge in [0, 0.05) is 24.5 Å². The third-order valence-electron chi connectivity index (χ3n) is 5.81.